The van der Waals surface area contributed by atoms with Gasteiger partial charge in [-0.2, -0.15) is 0 Å². The summed E-state index contributed by atoms with van der Waals surface area (Å²) in [4.78, 5) is 4.33. The molecule has 1 aromatic carbocycles. The van der Waals surface area contributed by atoms with Crippen LogP contribution >= 0.6 is 15.9 Å². The van der Waals surface area contributed by atoms with E-state index in [-0.39, 0.29) is 28.1 Å². The Morgan fingerprint density at radius 2 is 2.29 bits per heavy atom. The predicted octanol–water partition coefficient (Wildman–Crippen LogP) is 1.69. The number of aromatic hydroxyl groups is 1. The molecule has 0 bridgehead atoms. The van der Waals surface area contributed by atoms with Crippen LogP contribution in [0.1, 0.15) is 5.56 Å². The van der Waals surface area contributed by atoms with Crippen molar-refractivity contribution >= 4 is 15.9 Å². The van der Waals surface area contributed by atoms with E-state index in [9.17, 15) is 9.50 Å². The highest BCUT2D eigenvalue weighted by molar-refractivity contribution is 9.10. The smallest absolute Gasteiger partial charge is 0.164 e. The first-order chi connectivity index (χ1) is 6.61. The molecule has 0 saturated heterocycles. The number of ether oxygens (including phenoxy) is 1. The Labute approximate surface area is 88.5 Å². The molecule has 1 aromatic rings. The average Bonchev–Trinajstić information content (AvgIpc) is 2.18. The Balaban J connectivity index is 3.29. The summed E-state index contributed by atoms with van der Waals surface area (Å²) < 4.78 is 18.1. The monoisotopic (exact) mass is 265 g/mol. The molecule has 0 aromatic heterocycles. The van der Waals surface area contributed by atoms with E-state index in [0.717, 1.165) is 6.07 Å². The molecule has 0 amide bonds. The van der Waals surface area contributed by atoms with Gasteiger partial charge in [0.1, 0.15) is 5.82 Å². The van der Waals surface area contributed by atoms with Crippen LogP contribution in [0.2, 0.25) is 0 Å². The van der Waals surface area contributed by atoms with Gasteiger partial charge in [0, 0.05) is 11.6 Å². The molecule has 0 spiro atoms. The maximum absolute atomic E-state index is 13.2. The van der Waals surface area contributed by atoms with Crippen LogP contribution < -0.4 is 10.6 Å². The summed E-state index contributed by atoms with van der Waals surface area (Å²) >= 11 is 2.97. The van der Waals surface area contributed by atoms with Gasteiger partial charge in [-0.1, -0.05) is 0 Å². The van der Waals surface area contributed by atoms with Crippen molar-refractivity contribution in [1.82, 2.24) is 0 Å². The van der Waals surface area contributed by atoms with Gasteiger partial charge in [-0.05, 0) is 15.9 Å². The van der Waals surface area contributed by atoms with E-state index >= 15 is 0 Å². The van der Waals surface area contributed by atoms with Crippen molar-refractivity contribution in [3.05, 3.63) is 21.9 Å². The van der Waals surface area contributed by atoms with Crippen molar-refractivity contribution in [2.75, 3.05) is 7.11 Å². The molecule has 0 fully saturated rings. The van der Waals surface area contributed by atoms with Crippen LogP contribution in [0.15, 0.2) is 10.5 Å². The molecular formula is C8H9BrFNO3. The highest BCUT2D eigenvalue weighted by atomic mass is 79.9. The second-order valence-electron chi connectivity index (χ2n) is 2.51. The minimum atomic E-state index is -0.549. The van der Waals surface area contributed by atoms with E-state index in [2.05, 4.69) is 20.8 Å². The molecule has 3 N–H and O–H groups in total. The van der Waals surface area contributed by atoms with Gasteiger partial charge in [-0.15, -0.1) is 0 Å². The van der Waals surface area contributed by atoms with Crippen LogP contribution in [-0.2, 0) is 11.4 Å². The fourth-order valence-electron chi connectivity index (χ4n) is 1.01. The fourth-order valence-corrected chi connectivity index (χ4v) is 1.43. The molecule has 0 aliphatic rings. The van der Waals surface area contributed by atoms with Gasteiger partial charge in [0.15, 0.2) is 11.5 Å². The fraction of sp³-hybridized carbons (Fsp3) is 0.250. The topological polar surface area (TPSA) is 64.7 Å². The Morgan fingerprint density at radius 3 is 2.79 bits per heavy atom. The molecule has 0 heterocycles. The molecule has 1 rings (SSSR count). The first-order valence-electron chi connectivity index (χ1n) is 3.67. The lowest BCUT2D eigenvalue weighted by Crippen LogP contribution is -2.02. The normalized spacial score (nSPS) is 10.3. The van der Waals surface area contributed by atoms with Crippen LogP contribution in [0.4, 0.5) is 4.39 Å². The number of benzene rings is 1. The quantitative estimate of drug-likeness (QED) is 0.817. The number of methoxy groups -OCH3 is 1. The molecule has 0 aliphatic carbocycles. The number of hydrogen-bond acceptors (Lipinski definition) is 4. The second kappa shape index (κ2) is 4.59. The van der Waals surface area contributed by atoms with Crippen molar-refractivity contribution < 1.29 is 19.1 Å². The van der Waals surface area contributed by atoms with Crippen molar-refractivity contribution in [3.63, 3.8) is 0 Å². The largest absolute Gasteiger partial charge is 0.504 e. The van der Waals surface area contributed by atoms with Crippen molar-refractivity contribution in [1.29, 1.82) is 0 Å². The van der Waals surface area contributed by atoms with Crippen LogP contribution in [0.25, 0.3) is 0 Å². The summed E-state index contributed by atoms with van der Waals surface area (Å²) in [7, 11) is 1.33. The van der Waals surface area contributed by atoms with Gasteiger partial charge in [0.2, 0.25) is 0 Å². The predicted molar refractivity (Wildman–Crippen MR) is 51.3 cm³/mol. The lowest BCUT2D eigenvalue weighted by atomic mass is 10.2. The minimum absolute atomic E-state index is 0.0396. The van der Waals surface area contributed by atoms with Gasteiger partial charge in [0.25, 0.3) is 0 Å². The zero-order valence-corrected chi connectivity index (χ0v) is 8.97. The highest BCUT2D eigenvalue weighted by Gasteiger charge is 2.16. The summed E-state index contributed by atoms with van der Waals surface area (Å²) in [6, 6.07) is 1.07. The number of phenols is 1. The van der Waals surface area contributed by atoms with Gasteiger partial charge in [-0.25, -0.2) is 10.3 Å². The number of hydrogen-bond donors (Lipinski definition) is 2. The molecular weight excluding hydrogens is 257 g/mol. The van der Waals surface area contributed by atoms with Gasteiger partial charge >= 0.3 is 0 Å². The molecule has 0 radical (unpaired) electrons. The van der Waals surface area contributed by atoms with Crippen LogP contribution in [-0.4, -0.2) is 12.2 Å². The summed E-state index contributed by atoms with van der Waals surface area (Å²) in [5.74, 6) is 4.15. The van der Waals surface area contributed by atoms with Gasteiger partial charge < -0.3 is 9.84 Å². The second-order valence-corrected chi connectivity index (χ2v) is 3.31. The van der Waals surface area contributed by atoms with E-state index in [1.807, 2.05) is 0 Å². The van der Waals surface area contributed by atoms with Crippen molar-refractivity contribution in [3.8, 4) is 11.5 Å². The Hall–Kier alpha value is -0.850. The average molecular weight is 266 g/mol. The van der Waals surface area contributed by atoms with Crippen LogP contribution in [0.5, 0.6) is 11.5 Å². The van der Waals surface area contributed by atoms with E-state index < -0.39 is 5.82 Å². The van der Waals surface area contributed by atoms with Crippen LogP contribution in [0, 0.1) is 5.82 Å². The van der Waals surface area contributed by atoms with E-state index in [4.69, 9.17) is 10.6 Å². The Kier molecular flexibility index (Phi) is 3.68. The number of nitrogens with two attached hydrogens (primary N) is 1. The number of rotatable bonds is 3. The van der Waals surface area contributed by atoms with Crippen molar-refractivity contribution in [2.24, 2.45) is 5.90 Å². The lowest BCUT2D eigenvalue weighted by Gasteiger charge is -2.10. The van der Waals surface area contributed by atoms with Gasteiger partial charge in [0.05, 0.1) is 18.2 Å². The summed E-state index contributed by atoms with van der Waals surface area (Å²) in [6.07, 6.45) is 0. The van der Waals surface area contributed by atoms with E-state index in [1.54, 1.807) is 0 Å². The molecule has 0 aliphatic heterocycles. The SMILES string of the molecule is COc1cc(F)c(Br)c(CON)c1O. The number of halogens is 2. The first kappa shape index (κ1) is 11.2. The molecule has 14 heavy (non-hydrogen) atoms. The zero-order chi connectivity index (χ0) is 10.7. The summed E-state index contributed by atoms with van der Waals surface area (Å²) in [6.45, 7) is -0.111. The lowest BCUT2D eigenvalue weighted by molar-refractivity contribution is 0.121. The molecule has 0 atom stereocenters. The molecule has 4 nitrogen and oxygen atoms in total. The Bertz CT molecular complexity index is 346. The minimum Gasteiger partial charge on any atom is -0.504 e. The summed E-state index contributed by atoms with van der Waals surface area (Å²) in [5, 5.41) is 9.57. The number of phenolic OH excluding ortho intramolecular Hbond substituents is 1. The standard InChI is InChI=1S/C8H9BrFNO3/c1-13-6-2-5(10)7(9)4(3-14-11)8(6)12/h2,12H,3,11H2,1H3. The maximum atomic E-state index is 13.2. The zero-order valence-electron chi connectivity index (χ0n) is 7.38. The third-order valence-corrected chi connectivity index (χ3v) is 2.56. The first-order valence-corrected chi connectivity index (χ1v) is 4.46. The van der Waals surface area contributed by atoms with Crippen molar-refractivity contribution in [2.45, 2.75) is 6.61 Å². The third-order valence-electron chi connectivity index (χ3n) is 1.70. The van der Waals surface area contributed by atoms with Crippen LogP contribution in [0.3, 0.4) is 0 Å². The molecule has 78 valence electrons. The molecule has 6 heteroatoms. The maximum Gasteiger partial charge on any atom is 0.164 e. The third kappa shape index (κ3) is 1.97. The summed E-state index contributed by atoms with van der Waals surface area (Å²) in [5.41, 5.74) is 0.212. The van der Waals surface area contributed by atoms with Gasteiger partial charge in [-0.3, -0.25) is 4.84 Å². The van der Waals surface area contributed by atoms with E-state index in [0.29, 0.717) is 0 Å². The highest BCUT2D eigenvalue weighted by Crippen LogP contribution is 2.37. The molecule has 0 unspecified atom stereocenters. The Morgan fingerprint density at radius 1 is 1.64 bits per heavy atom. The molecule has 0 saturated carbocycles. The van der Waals surface area contributed by atoms with E-state index in [1.165, 1.54) is 7.11 Å².